The predicted octanol–water partition coefficient (Wildman–Crippen LogP) is 4.18. The predicted molar refractivity (Wildman–Crippen MR) is 96.0 cm³/mol. The molecule has 1 amide bonds. The summed E-state index contributed by atoms with van der Waals surface area (Å²) in [4.78, 5) is 14.6. The van der Waals surface area contributed by atoms with Gasteiger partial charge in [0.15, 0.2) is 0 Å². The number of alkyl halides is 3. The molecule has 2 aromatic rings. The first-order chi connectivity index (χ1) is 12.7. The number of hydrogen-bond acceptors (Lipinski definition) is 2. The summed E-state index contributed by atoms with van der Waals surface area (Å²) in [5.41, 5.74) is 3.13. The van der Waals surface area contributed by atoms with Gasteiger partial charge >= 0.3 is 6.18 Å². The Morgan fingerprint density at radius 2 is 1.85 bits per heavy atom. The van der Waals surface area contributed by atoms with E-state index in [9.17, 15) is 18.0 Å². The zero-order valence-corrected chi connectivity index (χ0v) is 15.8. The summed E-state index contributed by atoms with van der Waals surface area (Å²) < 4.78 is 39.9. The zero-order valence-electron chi connectivity index (χ0n) is 15.8. The molecular weight excluding hydrogens is 355 g/mol. The van der Waals surface area contributed by atoms with Gasteiger partial charge in [0.05, 0.1) is 11.3 Å². The number of halogens is 3. The Balaban J connectivity index is 1.66. The molecule has 0 spiro atoms. The smallest absolute Gasteiger partial charge is 0.335 e. The summed E-state index contributed by atoms with van der Waals surface area (Å²) in [7, 11) is 1.88. The number of nitrogens with zero attached hydrogens (tertiary/aromatic N) is 3. The average molecular weight is 379 g/mol. The van der Waals surface area contributed by atoms with Crippen molar-refractivity contribution in [3.63, 3.8) is 0 Å². The van der Waals surface area contributed by atoms with Crippen molar-refractivity contribution in [3.8, 4) is 0 Å². The summed E-state index contributed by atoms with van der Waals surface area (Å²) >= 11 is 0. The molecular formula is C20H24F3N3O. The van der Waals surface area contributed by atoms with Crippen LogP contribution in [0.4, 0.5) is 13.2 Å². The first kappa shape index (κ1) is 19.5. The zero-order chi connectivity index (χ0) is 19.8. The Labute approximate surface area is 157 Å². The van der Waals surface area contributed by atoms with Gasteiger partial charge in [-0.05, 0) is 56.4 Å². The maximum Gasteiger partial charge on any atom is 0.416 e. The van der Waals surface area contributed by atoms with Gasteiger partial charge < -0.3 is 4.90 Å². The van der Waals surface area contributed by atoms with Crippen LogP contribution in [0.3, 0.4) is 0 Å². The standard InChI is InChI=1S/C20H24F3N3O/c1-13-18(14(2)25(3)24-13)10-11-19(27)26(17-8-9-17)12-15-4-6-16(7-5-15)20(21,22)23/h4-7,17H,8-12H2,1-3H3. The van der Waals surface area contributed by atoms with Crippen LogP contribution in [0.2, 0.25) is 0 Å². The SMILES string of the molecule is Cc1nn(C)c(C)c1CCC(=O)N(Cc1ccc(C(F)(F)F)cc1)C1CC1. The van der Waals surface area contributed by atoms with Crippen LogP contribution in [-0.4, -0.2) is 26.6 Å². The van der Waals surface area contributed by atoms with Gasteiger partial charge in [0, 0.05) is 31.7 Å². The molecule has 1 aromatic carbocycles. The van der Waals surface area contributed by atoms with E-state index in [2.05, 4.69) is 5.10 Å². The maximum atomic E-state index is 12.8. The summed E-state index contributed by atoms with van der Waals surface area (Å²) in [5.74, 6) is 0.0417. The fraction of sp³-hybridized carbons (Fsp3) is 0.500. The molecule has 1 fully saturated rings. The number of aromatic nitrogens is 2. The molecule has 3 rings (SSSR count). The van der Waals surface area contributed by atoms with E-state index in [1.165, 1.54) is 12.1 Å². The van der Waals surface area contributed by atoms with E-state index in [0.29, 0.717) is 19.4 Å². The Morgan fingerprint density at radius 3 is 2.33 bits per heavy atom. The molecule has 1 aliphatic carbocycles. The lowest BCUT2D eigenvalue weighted by molar-refractivity contribution is -0.137. The molecule has 27 heavy (non-hydrogen) atoms. The van der Waals surface area contributed by atoms with Crippen LogP contribution in [0.25, 0.3) is 0 Å². The van der Waals surface area contributed by atoms with Gasteiger partial charge in [-0.15, -0.1) is 0 Å². The third-order valence-corrected chi connectivity index (χ3v) is 5.19. The normalized spacial score (nSPS) is 14.4. The van der Waals surface area contributed by atoms with Gasteiger partial charge in [0.25, 0.3) is 0 Å². The Kier molecular flexibility index (Phi) is 5.31. The van der Waals surface area contributed by atoms with Crippen LogP contribution in [0.15, 0.2) is 24.3 Å². The monoisotopic (exact) mass is 379 g/mol. The van der Waals surface area contributed by atoms with Crippen LogP contribution in [-0.2, 0) is 31.0 Å². The van der Waals surface area contributed by atoms with E-state index >= 15 is 0 Å². The molecule has 1 aliphatic rings. The number of aryl methyl sites for hydroxylation is 2. The molecule has 0 saturated heterocycles. The number of amides is 1. The van der Waals surface area contributed by atoms with Crippen molar-refractivity contribution in [2.24, 2.45) is 7.05 Å². The lowest BCUT2D eigenvalue weighted by Crippen LogP contribution is -2.32. The van der Waals surface area contributed by atoms with Crippen LogP contribution in [0, 0.1) is 13.8 Å². The van der Waals surface area contributed by atoms with Crippen molar-refractivity contribution in [1.29, 1.82) is 0 Å². The molecule has 0 bridgehead atoms. The highest BCUT2D eigenvalue weighted by atomic mass is 19.4. The second-order valence-electron chi connectivity index (χ2n) is 7.22. The summed E-state index contributed by atoms with van der Waals surface area (Å²) in [6, 6.07) is 5.28. The van der Waals surface area contributed by atoms with Crippen molar-refractivity contribution in [2.45, 2.75) is 58.3 Å². The topological polar surface area (TPSA) is 38.1 Å². The minimum absolute atomic E-state index is 0.0417. The quantitative estimate of drug-likeness (QED) is 0.755. The molecule has 4 nitrogen and oxygen atoms in total. The molecule has 1 heterocycles. The van der Waals surface area contributed by atoms with Crippen molar-refractivity contribution in [2.75, 3.05) is 0 Å². The van der Waals surface area contributed by atoms with Crippen molar-refractivity contribution < 1.29 is 18.0 Å². The van der Waals surface area contributed by atoms with Gasteiger partial charge in [-0.25, -0.2) is 0 Å². The Morgan fingerprint density at radius 1 is 1.22 bits per heavy atom. The van der Waals surface area contributed by atoms with E-state index in [0.717, 1.165) is 47.5 Å². The molecule has 0 unspecified atom stereocenters. The fourth-order valence-corrected chi connectivity index (χ4v) is 3.36. The minimum atomic E-state index is -4.34. The lowest BCUT2D eigenvalue weighted by Gasteiger charge is -2.23. The summed E-state index contributed by atoms with van der Waals surface area (Å²) in [6.45, 7) is 4.28. The highest BCUT2D eigenvalue weighted by Crippen LogP contribution is 2.31. The molecule has 1 aromatic heterocycles. The van der Waals surface area contributed by atoms with Gasteiger partial charge in [0.1, 0.15) is 0 Å². The van der Waals surface area contributed by atoms with E-state index in [4.69, 9.17) is 0 Å². The van der Waals surface area contributed by atoms with Gasteiger partial charge in [-0.3, -0.25) is 9.48 Å². The third-order valence-electron chi connectivity index (χ3n) is 5.19. The highest BCUT2D eigenvalue weighted by Gasteiger charge is 2.33. The van der Waals surface area contributed by atoms with E-state index in [-0.39, 0.29) is 11.9 Å². The van der Waals surface area contributed by atoms with E-state index in [1.54, 1.807) is 0 Å². The van der Waals surface area contributed by atoms with Gasteiger partial charge in [-0.2, -0.15) is 18.3 Å². The lowest BCUT2D eigenvalue weighted by atomic mass is 10.1. The number of carbonyl (C=O) groups is 1. The van der Waals surface area contributed by atoms with Gasteiger partial charge in [-0.1, -0.05) is 12.1 Å². The maximum absolute atomic E-state index is 12.8. The molecule has 0 radical (unpaired) electrons. The van der Waals surface area contributed by atoms with Crippen LogP contribution < -0.4 is 0 Å². The molecule has 0 aliphatic heterocycles. The third kappa shape index (κ3) is 4.51. The Bertz CT molecular complexity index is 820. The average Bonchev–Trinajstić information content (AvgIpc) is 3.40. The van der Waals surface area contributed by atoms with Gasteiger partial charge in [0.2, 0.25) is 5.91 Å². The number of hydrogen-bond donors (Lipinski definition) is 0. The fourth-order valence-electron chi connectivity index (χ4n) is 3.36. The number of benzene rings is 1. The number of rotatable bonds is 6. The molecule has 7 heteroatoms. The van der Waals surface area contributed by atoms with Crippen LogP contribution in [0.5, 0.6) is 0 Å². The minimum Gasteiger partial charge on any atom is -0.335 e. The summed E-state index contributed by atoms with van der Waals surface area (Å²) in [5, 5.41) is 4.38. The second kappa shape index (κ2) is 7.37. The highest BCUT2D eigenvalue weighted by molar-refractivity contribution is 5.77. The molecule has 0 atom stereocenters. The first-order valence-electron chi connectivity index (χ1n) is 9.11. The Hall–Kier alpha value is -2.31. The molecule has 146 valence electrons. The molecule has 1 saturated carbocycles. The van der Waals surface area contributed by atoms with Crippen LogP contribution in [0.1, 0.15) is 47.3 Å². The van der Waals surface area contributed by atoms with Crippen LogP contribution >= 0.6 is 0 Å². The largest absolute Gasteiger partial charge is 0.416 e. The van der Waals surface area contributed by atoms with E-state index in [1.807, 2.05) is 30.5 Å². The number of carbonyl (C=O) groups excluding carboxylic acids is 1. The van der Waals surface area contributed by atoms with E-state index < -0.39 is 11.7 Å². The second-order valence-corrected chi connectivity index (χ2v) is 7.22. The van der Waals surface area contributed by atoms with Crippen molar-refractivity contribution in [1.82, 2.24) is 14.7 Å². The molecule has 0 N–H and O–H groups in total. The summed E-state index contributed by atoms with van der Waals surface area (Å²) in [6.07, 6.45) is -1.43. The van der Waals surface area contributed by atoms with Crippen molar-refractivity contribution >= 4 is 5.91 Å². The first-order valence-corrected chi connectivity index (χ1v) is 9.11. The van der Waals surface area contributed by atoms with Crippen molar-refractivity contribution in [3.05, 3.63) is 52.3 Å².